The van der Waals surface area contributed by atoms with Crippen LogP contribution in [0.2, 0.25) is 10.0 Å². The van der Waals surface area contributed by atoms with Gasteiger partial charge < -0.3 is 0 Å². The molecule has 0 saturated heterocycles. The first kappa shape index (κ1) is 13.9. The molecule has 0 saturated carbocycles. The van der Waals surface area contributed by atoms with Gasteiger partial charge in [0.25, 0.3) is 0 Å². The molecule has 7 heteroatoms. The SMILES string of the molecule is Fc1cccc(Cl)c1-c1nnc(-c2ccccc2Cl)nn1. The van der Waals surface area contributed by atoms with Gasteiger partial charge in [0.05, 0.1) is 15.6 Å². The van der Waals surface area contributed by atoms with E-state index in [9.17, 15) is 4.39 Å². The molecule has 0 fully saturated rings. The number of rotatable bonds is 2. The molecule has 4 nitrogen and oxygen atoms in total. The molecule has 104 valence electrons. The monoisotopic (exact) mass is 320 g/mol. The van der Waals surface area contributed by atoms with Crippen molar-refractivity contribution in [3.8, 4) is 22.8 Å². The van der Waals surface area contributed by atoms with Crippen LogP contribution >= 0.6 is 23.2 Å². The molecular formula is C14H7Cl2FN4. The second-order valence-electron chi connectivity index (χ2n) is 4.12. The lowest BCUT2D eigenvalue weighted by Crippen LogP contribution is -2.01. The molecule has 2 aromatic carbocycles. The van der Waals surface area contributed by atoms with Crippen molar-refractivity contribution in [1.29, 1.82) is 0 Å². The van der Waals surface area contributed by atoms with Gasteiger partial charge in [-0.25, -0.2) is 4.39 Å². The Bertz CT molecular complexity index is 773. The van der Waals surface area contributed by atoms with Crippen LogP contribution in [0.3, 0.4) is 0 Å². The maximum Gasteiger partial charge on any atom is 0.208 e. The number of halogens is 3. The van der Waals surface area contributed by atoms with E-state index in [1.807, 2.05) is 0 Å². The zero-order chi connectivity index (χ0) is 14.8. The van der Waals surface area contributed by atoms with Crippen LogP contribution in [0.5, 0.6) is 0 Å². The van der Waals surface area contributed by atoms with Crippen LogP contribution < -0.4 is 0 Å². The van der Waals surface area contributed by atoms with E-state index < -0.39 is 5.82 Å². The number of aromatic nitrogens is 4. The third-order valence-corrected chi connectivity index (χ3v) is 3.42. The minimum atomic E-state index is -0.531. The molecule has 0 N–H and O–H groups in total. The summed E-state index contributed by atoms with van der Waals surface area (Å²) < 4.78 is 13.8. The Balaban J connectivity index is 2.04. The van der Waals surface area contributed by atoms with Crippen molar-refractivity contribution >= 4 is 23.2 Å². The highest BCUT2D eigenvalue weighted by Crippen LogP contribution is 2.28. The Hall–Kier alpha value is -2.11. The Morgan fingerprint density at radius 3 is 2.00 bits per heavy atom. The van der Waals surface area contributed by atoms with Crippen LogP contribution in [0, 0.1) is 5.82 Å². The lowest BCUT2D eigenvalue weighted by Gasteiger charge is -2.04. The molecule has 0 radical (unpaired) electrons. The van der Waals surface area contributed by atoms with Crippen LogP contribution in [-0.4, -0.2) is 20.4 Å². The smallest absolute Gasteiger partial charge is 0.206 e. The van der Waals surface area contributed by atoms with Crippen molar-refractivity contribution < 1.29 is 4.39 Å². The van der Waals surface area contributed by atoms with Gasteiger partial charge in [0.1, 0.15) is 5.82 Å². The van der Waals surface area contributed by atoms with Gasteiger partial charge in [-0.05, 0) is 24.3 Å². The van der Waals surface area contributed by atoms with Crippen molar-refractivity contribution in [1.82, 2.24) is 20.4 Å². The van der Waals surface area contributed by atoms with Gasteiger partial charge in [-0.1, -0.05) is 41.4 Å². The quantitative estimate of drug-likeness (QED) is 0.714. The van der Waals surface area contributed by atoms with Crippen molar-refractivity contribution in [3.63, 3.8) is 0 Å². The molecule has 21 heavy (non-hydrogen) atoms. The van der Waals surface area contributed by atoms with Gasteiger partial charge in [-0.2, -0.15) is 0 Å². The minimum absolute atomic E-state index is 0.0221. The predicted molar refractivity (Wildman–Crippen MR) is 78.5 cm³/mol. The standard InChI is InChI=1S/C14H7Cl2FN4/c15-9-5-2-1-4-8(9)13-18-20-14(21-19-13)12-10(16)6-3-7-11(12)17/h1-7H. The molecule has 0 unspecified atom stereocenters. The van der Waals surface area contributed by atoms with E-state index in [0.29, 0.717) is 10.6 Å². The van der Waals surface area contributed by atoms with Gasteiger partial charge in [0, 0.05) is 5.56 Å². The fourth-order valence-electron chi connectivity index (χ4n) is 1.79. The summed E-state index contributed by atoms with van der Waals surface area (Å²) in [6.07, 6.45) is 0. The molecule has 0 bridgehead atoms. The Labute approximate surface area is 129 Å². The summed E-state index contributed by atoms with van der Waals surface area (Å²) in [6.45, 7) is 0. The molecule has 0 aliphatic heterocycles. The van der Waals surface area contributed by atoms with Crippen LogP contribution in [0.4, 0.5) is 4.39 Å². The largest absolute Gasteiger partial charge is 0.208 e. The molecule has 1 aromatic heterocycles. The van der Waals surface area contributed by atoms with E-state index in [4.69, 9.17) is 23.2 Å². The third kappa shape index (κ3) is 2.70. The molecule has 1 heterocycles. The zero-order valence-corrected chi connectivity index (χ0v) is 12.0. The molecule has 0 atom stereocenters. The normalized spacial score (nSPS) is 10.6. The van der Waals surface area contributed by atoms with E-state index >= 15 is 0 Å². The van der Waals surface area contributed by atoms with E-state index in [0.717, 1.165) is 0 Å². The number of benzene rings is 2. The second kappa shape index (κ2) is 5.71. The van der Waals surface area contributed by atoms with Crippen molar-refractivity contribution in [2.75, 3.05) is 0 Å². The van der Waals surface area contributed by atoms with E-state index in [-0.39, 0.29) is 22.2 Å². The first-order chi connectivity index (χ1) is 10.2. The van der Waals surface area contributed by atoms with Gasteiger partial charge in [-0.3, -0.25) is 0 Å². The van der Waals surface area contributed by atoms with Crippen LogP contribution in [0.15, 0.2) is 42.5 Å². The third-order valence-electron chi connectivity index (χ3n) is 2.78. The number of hydrogen-bond acceptors (Lipinski definition) is 4. The molecule has 0 spiro atoms. The van der Waals surface area contributed by atoms with E-state index in [1.54, 1.807) is 30.3 Å². The topological polar surface area (TPSA) is 51.6 Å². The molecule has 3 rings (SSSR count). The molecular weight excluding hydrogens is 314 g/mol. The number of nitrogens with zero attached hydrogens (tertiary/aromatic N) is 4. The summed E-state index contributed by atoms with van der Waals surface area (Å²) in [4.78, 5) is 0. The molecule has 0 aliphatic carbocycles. The fourth-order valence-corrected chi connectivity index (χ4v) is 2.26. The van der Waals surface area contributed by atoms with Crippen LogP contribution in [0.25, 0.3) is 22.8 Å². The maximum absolute atomic E-state index is 13.8. The Morgan fingerprint density at radius 1 is 0.714 bits per heavy atom. The lowest BCUT2D eigenvalue weighted by molar-refractivity contribution is 0.628. The fraction of sp³-hybridized carbons (Fsp3) is 0. The van der Waals surface area contributed by atoms with Crippen molar-refractivity contribution in [3.05, 3.63) is 58.3 Å². The summed E-state index contributed by atoms with van der Waals surface area (Å²) in [5.74, 6) is -0.248. The molecule has 3 aromatic rings. The van der Waals surface area contributed by atoms with Crippen LogP contribution in [-0.2, 0) is 0 Å². The summed E-state index contributed by atoms with van der Waals surface area (Å²) in [5, 5.41) is 16.3. The van der Waals surface area contributed by atoms with Crippen LogP contribution in [0.1, 0.15) is 0 Å². The summed E-state index contributed by atoms with van der Waals surface area (Å²) >= 11 is 12.0. The lowest BCUT2D eigenvalue weighted by atomic mass is 10.2. The van der Waals surface area contributed by atoms with Crippen molar-refractivity contribution in [2.24, 2.45) is 0 Å². The summed E-state index contributed by atoms with van der Waals surface area (Å²) in [5.41, 5.74) is 0.676. The maximum atomic E-state index is 13.8. The first-order valence-corrected chi connectivity index (χ1v) is 6.69. The van der Waals surface area contributed by atoms with Crippen molar-refractivity contribution in [2.45, 2.75) is 0 Å². The molecule has 0 aliphatic rings. The number of hydrogen-bond donors (Lipinski definition) is 0. The minimum Gasteiger partial charge on any atom is -0.206 e. The predicted octanol–water partition coefficient (Wildman–Crippen LogP) is 4.05. The zero-order valence-electron chi connectivity index (χ0n) is 10.5. The second-order valence-corrected chi connectivity index (χ2v) is 4.94. The Kier molecular flexibility index (Phi) is 3.77. The average molecular weight is 321 g/mol. The highest BCUT2D eigenvalue weighted by Gasteiger charge is 2.15. The van der Waals surface area contributed by atoms with E-state index in [1.165, 1.54) is 12.1 Å². The first-order valence-electron chi connectivity index (χ1n) is 5.93. The molecule has 0 amide bonds. The average Bonchev–Trinajstić information content (AvgIpc) is 2.48. The van der Waals surface area contributed by atoms with Gasteiger partial charge in [-0.15, -0.1) is 20.4 Å². The van der Waals surface area contributed by atoms with E-state index in [2.05, 4.69) is 20.4 Å². The highest BCUT2D eigenvalue weighted by atomic mass is 35.5. The highest BCUT2D eigenvalue weighted by molar-refractivity contribution is 6.33. The summed E-state index contributed by atoms with van der Waals surface area (Å²) in [6, 6.07) is 11.4. The van der Waals surface area contributed by atoms with Gasteiger partial charge in [0.2, 0.25) is 11.6 Å². The van der Waals surface area contributed by atoms with Gasteiger partial charge in [0.15, 0.2) is 0 Å². The van der Waals surface area contributed by atoms with Gasteiger partial charge >= 0.3 is 0 Å². The Morgan fingerprint density at radius 2 is 1.33 bits per heavy atom. The summed E-state index contributed by atoms with van der Waals surface area (Å²) in [7, 11) is 0.